The molecule has 0 amide bonds. The first-order valence-electron chi connectivity index (χ1n) is 6.42. The molecule has 1 aliphatic rings. The van der Waals surface area contributed by atoms with Crippen LogP contribution in [0.1, 0.15) is 22.7 Å². The average Bonchev–Trinajstić information content (AvgIpc) is 2.46. The van der Waals surface area contributed by atoms with Crippen LogP contribution in [-0.2, 0) is 4.79 Å². The maximum absolute atomic E-state index is 11.6. The largest absolute Gasteiger partial charge is 0.399 e. The van der Waals surface area contributed by atoms with E-state index in [1.54, 1.807) is 12.4 Å². The van der Waals surface area contributed by atoms with E-state index in [2.05, 4.69) is 4.98 Å². The molecule has 1 aromatic carbocycles. The summed E-state index contributed by atoms with van der Waals surface area (Å²) in [5, 5.41) is 0. The zero-order valence-corrected chi connectivity index (χ0v) is 11.2. The quantitative estimate of drug-likeness (QED) is 0.670. The lowest BCUT2D eigenvalue weighted by Crippen LogP contribution is -2.28. The Morgan fingerprint density at radius 1 is 1.35 bits per heavy atom. The molecular formula is C16H15N3O. The number of fused-ring (bicyclic) bond motifs is 1. The smallest absolute Gasteiger partial charge is 0.147 e. The molecule has 0 aliphatic carbocycles. The van der Waals surface area contributed by atoms with Crippen LogP contribution >= 0.6 is 0 Å². The number of anilines is 2. The Balaban J connectivity index is 2.12. The highest BCUT2D eigenvalue weighted by atomic mass is 16.1. The molecule has 0 saturated carbocycles. The van der Waals surface area contributed by atoms with Gasteiger partial charge in [-0.1, -0.05) is 6.07 Å². The first kappa shape index (κ1) is 12.4. The van der Waals surface area contributed by atoms with Crippen LogP contribution in [-0.4, -0.2) is 11.3 Å². The van der Waals surface area contributed by atoms with Crippen molar-refractivity contribution in [3.63, 3.8) is 0 Å². The van der Waals surface area contributed by atoms with E-state index in [0.717, 1.165) is 28.7 Å². The van der Waals surface area contributed by atoms with Gasteiger partial charge in [0.15, 0.2) is 0 Å². The summed E-state index contributed by atoms with van der Waals surface area (Å²) in [5.41, 5.74) is 10.4. The molecule has 2 heterocycles. The molecule has 0 saturated heterocycles. The van der Waals surface area contributed by atoms with Gasteiger partial charge in [0, 0.05) is 18.1 Å². The first-order chi connectivity index (χ1) is 9.70. The number of pyridine rings is 1. The molecule has 3 rings (SSSR count). The molecule has 100 valence electrons. The normalized spacial score (nSPS) is 16.9. The van der Waals surface area contributed by atoms with Crippen LogP contribution < -0.4 is 10.6 Å². The van der Waals surface area contributed by atoms with Gasteiger partial charge in [-0.15, -0.1) is 0 Å². The van der Waals surface area contributed by atoms with E-state index in [1.807, 2.05) is 48.4 Å². The van der Waals surface area contributed by atoms with E-state index in [-0.39, 0.29) is 6.04 Å². The molecule has 1 aromatic heterocycles. The summed E-state index contributed by atoms with van der Waals surface area (Å²) in [6.07, 6.45) is 8.36. The third-order valence-electron chi connectivity index (χ3n) is 3.56. The van der Waals surface area contributed by atoms with Crippen LogP contribution in [0, 0.1) is 6.92 Å². The topological polar surface area (TPSA) is 59.2 Å². The van der Waals surface area contributed by atoms with Crippen molar-refractivity contribution in [1.82, 2.24) is 4.98 Å². The molecule has 0 bridgehead atoms. The number of aldehydes is 1. The second kappa shape index (κ2) is 4.81. The van der Waals surface area contributed by atoms with Gasteiger partial charge in [0.05, 0.1) is 11.9 Å². The van der Waals surface area contributed by atoms with Crippen molar-refractivity contribution >= 4 is 23.7 Å². The zero-order valence-electron chi connectivity index (χ0n) is 11.2. The minimum absolute atomic E-state index is 0.374. The van der Waals surface area contributed by atoms with Gasteiger partial charge in [0.1, 0.15) is 12.3 Å². The Hall–Kier alpha value is -2.62. The summed E-state index contributed by atoms with van der Waals surface area (Å²) in [6.45, 7) is 2.00. The lowest BCUT2D eigenvalue weighted by atomic mass is 9.95. The number of benzene rings is 1. The Morgan fingerprint density at radius 2 is 2.20 bits per heavy atom. The van der Waals surface area contributed by atoms with Gasteiger partial charge in [-0.2, -0.15) is 0 Å². The minimum atomic E-state index is -0.374. The van der Waals surface area contributed by atoms with Crippen LogP contribution in [0.5, 0.6) is 0 Å². The fourth-order valence-electron chi connectivity index (χ4n) is 2.50. The van der Waals surface area contributed by atoms with Crippen LogP contribution in [0.15, 0.2) is 42.9 Å². The van der Waals surface area contributed by atoms with Crippen molar-refractivity contribution in [2.24, 2.45) is 0 Å². The van der Waals surface area contributed by atoms with Crippen LogP contribution in [0.3, 0.4) is 0 Å². The van der Waals surface area contributed by atoms with Crippen LogP contribution in [0.4, 0.5) is 11.4 Å². The fraction of sp³-hybridized carbons (Fsp3) is 0.125. The molecule has 20 heavy (non-hydrogen) atoms. The third-order valence-corrected chi connectivity index (χ3v) is 3.56. The van der Waals surface area contributed by atoms with Crippen LogP contribution in [0.2, 0.25) is 0 Å². The summed E-state index contributed by atoms with van der Waals surface area (Å²) in [5.74, 6) is 0. The molecular weight excluding hydrogens is 250 g/mol. The van der Waals surface area contributed by atoms with E-state index in [9.17, 15) is 4.79 Å². The van der Waals surface area contributed by atoms with Gasteiger partial charge in [-0.25, -0.2) is 0 Å². The number of nitrogen functional groups attached to an aromatic ring is 1. The van der Waals surface area contributed by atoms with Gasteiger partial charge in [0.2, 0.25) is 0 Å². The summed E-state index contributed by atoms with van der Waals surface area (Å²) in [7, 11) is 0. The van der Waals surface area contributed by atoms with E-state index in [0.29, 0.717) is 5.69 Å². The number of nitrogens with zero attached hydrogens (tertiary/aromatic N) is 2. The van der Waals surface area contributed by atoms with E-state index >= 15 is 0 Å². The monoisotopic (exact) mass is 265 g/mol. The number of carbonyl (C=O) groups is 1. The molecule has 0 spiro atoms. The molecule has 4 heteroatoms. The zero-order chi connectivity index (χ0) is 14.1. The SMILES string of the molecule is Cc1ccncc1N1C=Cc2ccc(N)cc2C1C=O. The summed E-state index contributed by atoms with van der Waals surface area (Å²) in [4.78, 5) is 17.7. The molecule has 0 radical (unpaired) electrons. The Labute approximate surface area is 117 Å². The van der Waals surface area contributed by atoms with Gasteiger partial charge in [-0.3, -0.25) is 4.98 Å². The van der Waals surface area contributed by atoms with E-state index in [1.165, 1.54) is 0 Å². The maximum Gasteiger partial charge on any atom is 0.147 e. The van der Waals surface area contributed by atoms with Crippen molar-refractivity contribution < 1.29 is 4.79 Å². The second-order valence-electron chi connectivity index (χ2n) is 4.85. The molecule has 2 aromatic rings. The van der Waals surface area contributed by atoms with Crippen molar-refractivity contribution in [1.29, 1.82) is 0 Å². The van der Waals surface area contributed by atoms with Crippen molar-refractivity contribution in [2.45, 2.75) is 13.0 Å². The van der Waals surface area contributed by atoms with Gasteiger partial charge >= 0.3 is 0 Å². The third kappa shape index (κ3) is 1.95. The maximum atomic E-state index is 11.6. The van der Waals surface area contributed by atoms with Crippen molar-refractivity contribution in [3.05, 3.63) is 59.5 Å². The van der Waals surface area contributed by atoms with Gasteiger partial charge in [-0.05, 0) is 47.9 Å². The van der Waals surface area contributed by atoms with E-state index < -0.39 is 0 Å². The number of aromatic nitrogens is 1. The van der Waals surface area contributed by atoms with Crippen LogP contribution in [0.25, 0.3) is 6.08 Å². The van der Waals surface area contributed by atoms with E-state index in [4.69, 9.17) is 5.73 Å². The number of rotatable bonds is 2. The summed E-state index contributed by atoms with van der Waals surface area (Å²) < 4.78 is 0. The molecule has 1 atom stereocenters. The summed E-state index contributed by atoms with van der Waals surface area (Å²) in [6, 6.07) is 7.19. The lowest BCUT2D eigenvalue weighted by molar-refractivity contribution is -0.109. The number of carbonyl (C=O) groups excluding carboxylic acids is 1. The highest BCUT2D eigenvalue weighted by Gasteiger charge is 2.25. The predicted octanol–water partition coefficient (Wildman–Crippen LogP) is 2.70. The van der Waals surface area contributed by atoms with Crippen molar-refractivity contribution in [3.8, 4) is 0 Å². The predicted molar refractivity (Wildman–Crippen MR) is 80.1 cm³/mol. The molecule has 1 unspecified atom stereocenters. The molecule has 2 N–H and O–H groups in total. The second-order valence-corrected chi connectivity index (χ2v) is 4.85. The van der Waals surface area contributed by atoms with Gasteiger partial charge in [0.25, 0.3) is 0 Å². The highest BCUT2D eigenvalue weighted by Crippen LogP contribution is 2.35. The first-order valence-corrected chi connectivity index (χ1v) is 6.42. The number of aryl methyl sites for hydroxylation is 1. The Kier molecular flexibility index (Phi) is 2.99. The molecule has 1 aliphatic heterocycles. The minimum Gasteiger partial charge on any atom is -0.399 e. The number of hydrogen-bond donors (Lipinski definition) is 1. The van der Waals surface area contributed by atoms with Gasteiger partial charge < -0.3 is 15.4 Å². The average molecular weight is 265 g/mol. The Morgan fingerprint density at radius 3 is 2.95 bits per heavy atom. The number of hydrogen-bond acceptors (Lipinski definition) is 4. The summed E-state index contributed by atoms with van der Waals surface area (Å²) >= 11 is 0. The molecule has 0 fully saturated rings. The fourth-order valence-corrected chi connectivity index (χ4v) is 2.50. The highest BCUT2D eigenvalue weighted by molar-refractivity contribution is 5.79. The molecule has 4 nitrogen and oxygen atoms in total. The number of nitrogens with two attached hydrogens (primary N) is 1. The lowest BCUT2D eigenvalue weighted by Gasteiger charge is -2.32. The Bertz CT molecular complexity index is 694. The standard InChI is InChI=1S/C16H15N3O/c1-11-4-6-18-9-15(11)19-7-5-12-2-3-13(17)8-14(12)16(19)10-20/h2-10,16H,17H2,1H3. The van der Waals surface area contributed by atoms with Crippen molar-refractivity contribution in [2.75, 3.05) is 10.6 Å².